The van der Waals surface area contributed by atoms with Crippen molar-refractivity contribution in [2.45, 2.75) is 33.2 Å². The molecular weight excluding hydrogens is 318 g/mol. The average Bonchev–Trinajstić information content (AvgIpc) is 3.17. The summed E-state index contributed by atoms with van der Waals surface area (Å²) in [5, 5.41) is 11.0. The fourth-order valence-corrected chi connectivity index (χ4v) is 2.69. The molecule has 7 heteroatoms. The summed E-state index contributed by atoms with van der Waals surface area (Å²) in [6, 6.07) is 5.81. The van der Waals surface area contributed by atoms with Crippen LogP contribution in [-0.4, -0.2) is 25.8 Å². The van der Waals surface area contributed by atoms with E-state index in [1.165, 1.54) is 0 Å². The first-order valence-electron chi connectivity index (χ1n) is 8.16. The lowest BCUT2D eigenvalue weighted by atomic mass is 10.1. The van der Waals surface area contributed by atoms with Gasteiger partial charge in [0.15, 0.2) is 0 Å². The molecule has 0 unspecified atom stereocenters. The minimum atomic E-state index is -0.00397. The molecule has 3 aromatic heterocycles. The Kier molecular flexibility index (Phi) is 4.92. The number of rotatable bonds is 6. The molecule has 1 amide bonds. The van der Waals surface area contributed by atoms with E-state index in [4.69, 9.17) is 4.52 Å². The maximum Gasteiger partial charge on any atom is 0.220 e. The molecule has 0 aliphatic rings. The molecule has 0 fully saturated rings. The van der Waals surface area contributed by atoms with Crippen LogP contribution in [-0.2, 0) is 24.8 Å². The van der Waals surface area contributed by atoms with Gasteiger partial charge in [0, 0.05) is 38.0 Å². The molecule has 1 N–H and O–H groups in total. The maximum atomic E-state index is 12.0. The third-order valence-electron chi connectivity index (χ3n) is 4.18. The zero-order chi connectivity index (χ0) is 17.8. The van der Waals surface area contributed by atoms with Gasteiger partial charge in [-0.3, -0.25) is 14.5 Å². The molecule has 25 heavy (non-hydrogen) atoms. The van der Waals surface area contributed by atoms with E-state index in [9.17, 15) is 4.79 Å². The van der Waals surface area contributed by atoms with Gasteiger partial charge in [-0.15, -0.1) is 0 Å². The van der Waals surface area contributed by atoms with Gasteiger partial charge in [0.2, 0.25) is 5.91 Å². The molecule has 0 saturated carbocycles. The highest BCUT2D eigenvalue weighted by Crippen LogP contribution is 2.16. The lowest BCUT2D eigenvalue weighted by Gasteiger charge is -2.06. The molecule has 0 aliphatic carbocycles. The van der Waals surface area contributed by atoms with Gasteiger partial charge in [0.25, 0.3) is 0 Å². The summed E-state index contributed by atoms with van der Waals surface area (Å²) >= 11 is 0. The van der Waals surface area contributed by atoms with Crippen LogP contribution in [0.25, 0.3) is 11.4 Å². The Morgan fingerprint density at radius 3 is 2.72 bits per heavy atom. The normalized spacial score (nSPS) is 10.8. The van der Waals surface area contributed by atoms with E-state index < -0.39 is 0 Å². The van der Waals surface area contributed by atoms with Gasteiger partial charge in [-0.1, -0.05) is 11.2 Å². The van der Waals surface area contributed by atoms with Gasteiger partial charge in [-0.2, -0.15) is 5.10 Å². The first kappa shape index (κ1) is 16.9. The number of hydrogen-bond donors (Lipinski definition) is 1. The maximum absolute atomic E-state index is 12.0. The number of nitrogens with zero attached hydrogens (tertiary/aromatic N) is 4. The highest BCUT2D eigenvalue weighted by Gasteiger charge is 2.11. The van der Waals surface area contributed by atoms with Crippen LogP contribution in [0, 0.1) is 13.8 Å². The summed E-state index contributed by atoms with van der Waals surface area (Å²) < 4.78 is 6.89. The van der Waals surface area contributed by atoms with E-state index in [0.717, 1.165) is 34.0 Å². The summed E-state index contributed by atoms with van der Waals surface area (Å²) in [6.45, 7) is 4.21. The first-order valence-corrected chi connectivity index (χ1v) is 8.16. The zero-order valence-corrected chi connectivity index (χ0v) is 14.6. The second-order valence-corrected chi connectivity index (χ2v) is 5.97. The Labute approximate surface area is 146 Å². The summed E-state index contributed by atoms with van der Waals surface area (Å²) in [5.41, 5.74) is 4.62. The lowest BCUT2D eigenvalue weighted by molar-refractivity contribution is -0.121. The molecular formula is C18H21N5O2. The fourth-order valence-electron chi connectivity index (χ4n) is 2.69. The Morgan fingerprint density at radius 1 is 1.28 bits per heavy atom. The van der Waals surface area contributed by atoms with Crippen molar-refractivity contribution in [3.8, 4) is 11.4 Å². The fraction of sp³-hybridized carbons (Fsp3) is 0.333. The Morgan fingerprint density at radius 2 is 2.12 bits per heavy atom. The summed E-state index contributed by atoms with van der Waals surface area (Å²) in [6.07, 6.45) is 4.55. The highest BCUT2D eigenvalue weighted by atomic mass is 16.5. The zero-order valence-electron chi connectivity index (χ0n) is 14.6. The number of aryl methyl sites for hydroxylation is 3. The predicted octanol–water partition coefficient (Wildman–Crippen LogP) is 2.34. The summed E-state index contributed by atoms with van der Waals surface area (Å²) in [5.74, 6) is 0.774. The number of pyridine rings is 1. The van der Waals surface area contributed by atoms with Crippen molar-refractivity contribution in [1.82, 2.24) is 25.2 Å². The molecule has 3 heterocycles. The van der Waals surface area contributed by atoms with Crippen molar-refractivity contribution < 1.29 is 9.32 Å². The van der Waals surface area contributed by atoms with Crippen molar-refractivity contribution in [2.75, 3.05) is 0 Å². The van der Waals surface area contributed by atoms with Gasteiger partial charge in [0.1, 0.15) is 5.76 Å². The Bertz CT molecular complexity index is 844. The third kappa shape index (κ3) is 3.93. The first-order chi connectivity index (χ1) is 12.0. The van der Waals surface area contributed by atoms with E-state index in [2.05, 4.69) is 20.6 Å². The van der Waals surface area contributed by atoms with Crippen molar-refractivity contribution in [3.63, 3.8) is 0 Å². The van der Waals surface area contributed by atoms with Gasteiger partial charge >= 0.3 is 0 Å². The second-order valence-electron chi connectivity index (χ2n) is 5.97. The minimum Gasteiger partial charge on any atom is -0.361 e. The van der Waals surface area contributed by atoms with Crippen LogP contribution in [0.1, 0.15) is 29.0 Å². The molecule has 0 bridgehead atoms. The van der Waals surface area contributed by atoms with Crippen molar-refractivity contribution in [3.05, 3.63) is 53.2 Å². The smallest absolute Gasteiger partial charge is 0.220 e. The number of nitrogens with one attached hydrogen (secondary N) is 1. The van der Waals surface area contributed by atoms with Crippen molar-refractivity contribution >= 4 is 5.91 Å². The van der Waals surface area contributed by atoms with Crippen LogP contribution in [0.3, 0.4) is 0 Å². The molecule has 0 aliphatic heterocycles. The van der Waals surface area contributed by atoms with Crippen LogP contribution in [0.2, 0.25) is 0 Å². The SMILES string of the molecule is Cc1noc(C)c1CCC(=O)NCc1ccc(-c2ccnn2C)nc1. The van der Waals surface area contributed by atoms with Crippen molar-refractivity contribution in [2.24, 2.45) is 7.05 Å². The van der Waals surface area contributed by atoms with Gasteiger partial charge in [-0.25, -0.2) is 0 Å². The minimum absolute atomic E-state index is 0.00397. The molecule has 3 aromatic rings. The topological polar surface area (TPSA) is 85.8 Å². The molecule has 7 nitrogen and oxygen atoms in total. The Balaban J connectivity index is 1.51. The average molecular weight is 339 g/mol. The second kappa shape index (κ2) is 7.29. The summed E-state index contributed by atoms with van der Waals surface area (Å²) in [4.78, 5) is 16.5. The van der Waals surface area contributed by atoms with Crippen LogP contribution >= 0.6 is 0 Å². The largest absolute Gasteiger partial charge is 0.361 e. The molecule has 0 radical (unpaired) electrons. The van der Waals surface area contributed by atoms with E-state index in [-0.39, 0.29) is 5.91 Å². The lowest BCUT2D eigenvalue weighted by Crippen LogP contribution is -2.23. The van der Waals surface area contributed by atoms with Crippen LogP contribution in [0.4, 0.5) is 0 Å². The van der Waals surface area contributed by atoms with Gasteiger partial charge in [0.05, 0.1) is 17.1 Å². The van der Waals surface area contributed by atoms with Gasteiger partial charge in [-0.05, 0) is 38.0 Å². The molecule has 0 atom stereocenters. The molecule has 0 aromatic carbocycles. The van der Waals surface area contributed by atoms with E-state index in [1.807, 2.05) is 39.1 Å². The molecule has 0 spiro atoms. The highest BCUT2D eigenvalue weighted by molar-refractivity contribution is 5.76. The third-order valence-corrected chi connectivity index (χ3v) is 4.18. The number of hydrogen-bond acceptors (Lipinski definition) is 5. The quantitative estimate of drug-likeness (QED) is 0.745. The number of aromatic nitrogens is 4. The summed E-state index contributed by atoms with van der Waals surface area (Å²) in [7, 11) is 1.88. The van der Waals surface area contributed by atoms with Crippen LogP contribution in [0.5, 0.6) is 0 Å². The predicted molar refractivity (Wildman–Crippen MR) is 92.6 cm³/mol. The van der Waals surface area contributed by atoms with Crippen LogP contribution < -0.4 is 5.32 Å². The molecule has 0 saturated heterocycles. The number of carbonyl (C=O) groups is 1. The van der Waals surface area contributed by atoms with Crippen LogP contribution in [0.15, 0.2) is 35.1 Å². The molecule has 3 rings (SSSR count). The number of amides is 1. The van der Waals surface area contributed by atoms with E-state index in [1.54, 1.807) is 17.1 Å². The molecule has 130 valence electrons. The van der Waals surface area contributed by atoms with E-state index >= 15 is 0 Å². The standard InChI is InChI=1S/C18H21N5O2/c1-12-15(13(2)25-22-12)5-7-18(24)20-11-14-4-6-16(19-10-14)17-8-9-21-23(17)3/h4,6,8-10H,5,7,11H2,1-3H3,(H,20,24). The van der Waals surface area contributed by atoms with Gasteiger partial charge < -0.3 is 9.84 Å². The van der Waals surface area contributed by atoms with Crippen molar-refractivity contribution in [1.29, 1.82) is 0 Å². The number of carbonyl (C=O) groups excluding carboxylic acids is 1. The Hall–Kier alpha value is -2.96. The monoisotopic (exact) mass is 339 g/mol. The van der Waals surface area contributed by atoms with E-state index in [0.29, 0.717) is 19.4 Å².